The fourth-order valence-corrected chi connectivity index (χ4v) is 5.52. The van der Waals surface area contributed by atoms with E-state index in [4.69, 9.17) is 9.72 Å². The summed E-state index contributed by atoms with van der Waals surface area (Å²) >= 11 is 0. The molecule has 0 aliphatic heterocycles. The van der Waals surface area contributed by atoms with Crippen LogP contribution in [0.4, 0.5) is 4.39 Å². The fraction of sp³-hybridized carbons (Fsp3) is 0.393. The van der Waals surface area contributed by atoms with Crippen LogP contribution >= 0.6 is 0 Å². The Morgan fingerprint density at radius 3 is 2.74 bits per heavy atom. The van der Waals surface area contributed by atoms with Crippen LogP contribution in [0.3, 0.4) is 0 Å². The molecule has 0 spiro atoms. The van der Waals surface area contributed by atoms with E-state index in [-0.39, 0.29) is 23.6 Å². The van der Waals surface area contributed by atoms with Crippen LogP contribution in [0.2, 0.25) is 0 Å². The van der Waals surface area contributed by atoms with Crippen molar-refractivity contribution in [3.63, 3.8) is 0 Å². The summed E-state index contributed by atoms with van der Waals surface area (Å²) in [6.07, 6.45) is 5.70. The molecule has 1 fully saturated rings. The van der Waals surface area contributed by atoms with Crippen LogP contribution in [0.5, 0.6) is 0 Å². The average molecular weight is 460 g/mol. The number of halogens is 1. The number of nitrogens with one attached hydrogen (secondary N) is 1. The zero-order valence-corrected chi connectivity index (χ0v) is 19.9. The van der Waals surface area contributed by atoms with Crippen molar-refractivity contribution in [3.8, 4) is 0 Å². The van der Waals surface area contributed by atoms with E-state index < -0.39 is 0 Å². The van der Waals surface area contributed by atoms with E-state index in [9.17, 15) is 9.18 Å². The Morgan fingerprint density at radius 1 is 1.18 bits per heavy atom. The van der Waals surface area contributed by atoms with Crippen LogP contribution < -0.4 is 0 Å². The Hall–Kier alpha value is -3.28. The molecule has 0 radical (unpaired) electrons. The Balaban J connectivity index is 1.34. The number of hydrogen-bond acceptors (Lipinski definition) is 4. The van der Waals surface area contributed by atoms with Crippen molar-refractivity contribution in [2.75, 3.05) is 6.61 Å². The van der Waals surface area contributed by atoms with Gasteiger partial charge in [-0.15, -0.1) is 0 Å². The van der Waals surface area contributed by atoms with E-state index in [0.717, 1.165) is 64.6 Å². The summed E-state index contributed by atoms with van der Waals surface area (Å²) in [5, 5.41) is 0.934. The van der Waals surface area contributed by atoms with Crippen LogP contribution in [0.25, 0.3) is 21.9 Å². The predicted molar refractivity (Wildman–Crippen MR) is 132 cm³/mol. The van der Waals surface area contributed by atoms with Gasteiger partial charge in [-0.1, -0.05) is 13.0 Å². The summed E-state index contributed by atoms with van der Waals surface area (Å²) in [4.78, 5) is 25.0. The van der Waals surface area contributed by atoms with Gasteiger partial charge in [0.1, 0.15) is 11.6 Å². The Labute approximate surface area is 198 Å². The molecule has 176 valence electrons. The Kier molecular flexibility index (Phi) is 6.07. The van der Waals surface area contributed by atoms with Gasteiger partial charge in [0, 0.05) is 23.1 Å². The van der Waals surface area contributed by atoms with Crippen LogP contribution in [0, 0.1) is 18.7 Å². The SMILES string of the molecule is CCOC(=O)c1cc2nc([C@H](C)C3CCC(c4c(F)ccc5ncccc45)CC3)[nH]c2cc1C. The van der Waals surface area contributed by atoms with Gasteiger partial charge < -0.3 is 9.72 Å². The quantitative estimate of drug-likeness (QED) is 0.333. The number of rotatable bonds is 5. The molecule has 34 heavy (non-hydrogen) atoms. The standard InChI is InChI=1S/C28H30FN3O2/c1-4-34-28(33)21-15-25-24(14-16(21)2)31-27(32-25)17(3)18-7-9-19(10-8-18)26-20-6-5-13-30-23(20)12-11-22(26)29/h5-6,11-15,17-19H,4,7-10H2,1-3H3,(H,31,32)/t17-,18?,19?/m1/s1. The number of pyridine rings is 1. The van der Waals surface area contributed by atoms with E-state index in [1.54, 1.807) is 25.3 Å². The lowest BCUT2D eigenvalue weighted by atomic mass is 9.73. The summed E-state index contributed by atoms with van der Waals surface area (Å²) in [5.74, 6) is 1.44. The Bertz CT molecular complexity index is 1350. The molecule has 0 bridgehead atoms. The average Bonchev–Trinajstić information content (AvgIpc) is 3.26. The molecule has 1 N–H and O–H groups in total. The third kappa shape index (κ3) is 4.06. The first kappa shape index (κ1) is 22.5. The zero-order chi connectivity index (χ0) is 23.8. The minimum Gasteiger partial charge on any atom is -0.462 e. The number of ether oxygens (including phenoxy) is 1. The van der Waals surface area contributed by atoms with Crippen LogP contribution in [-0.2, 0) is 4.74 Å². The van der Waals surface area contributed by atoms with E-state index in [2.05, 4.69) is 16.9 Å². The van der Waals surface area contributed by atoms with Gasteiger partial charge in [0.2, 0.25) is 0 Å². The molecule has 5 nitrogen and oxygen atoms in total. The largest absolute Gasteiger partial charge is 0.462 e. The number of imidazole rings is 1. The topological polar surface area (TPSA) is 67.9 Å². The molecule has 1 saturated carbocycles. The summed E-state index contributed by atoms with van der Waals surface area (Å²) in [7, 11) is 0. The number of aryl methyl sites for hydroxylation is 1. The monoisotopic (exact) mass is 459 g/mol. The van der Waals surface area contributed by atoms with Crippen molar-refractivity contribution < 1.29 is 13.9 Å². The van der Waals surface area contributed by atoms with Crippen LogP contribution in [0.1, 0.15) is 78.7 Å². The number of fused-ring (bicyclic) bond motifs is 2. The van der Waals surface area contributed by atoms with Crippen molar-refractivity contribution in [2.45, 2.75) is 58.3 Å². The maximum Gasteiger partial charge on any atom is 0.338 e. The third-order valence-corrected chi connectivity index (χ3v) is 7.43. The summed E-state index contributed by atoms with van der Waals surface area (Å²) < 4.78 is 20.0. The van der Waals surface area contributed by atoms with Gasteiger partial charge in [0.15, 0.2) is 0 Å². The molecule has 2 aromatic heterocycles. The van der Waals surface area contributed by atoms with E-state index in [0.29, 0.717) is 18.1 Å². The van der Waals surface area contributed by atoms with E-state index in [1.807, 2.05) is 31.2 Å². The first-order chi connectivity index (χ1) is 16.5. The zero-order valence-electron chi connectivity index (χ0n) is 19.9. The highest BCUT2D eigenvalue weighted by molar-refractivity contribution is 5.95. The number of aromatic nitrogens is 3. The molecule has 4 aromatic rings. The number of benzene rings is 2. The molecule has 1 aliphatic rings. The molecule has 0 saturated heterocycles. The molecule has 1 aliphatic carbocycles. The van der Waals surface area contributed by atoms with Crippen molar-refractivity contribution in [2.24, 2.45) is 5.92 Å². The molecule has 1 atom stereocenters. The normalized spacial score (nSPS) is 19.4. The molecule has 0 amide bonds. The summed E-state index contributed by atoms with van der Waals surface area (Å²) in [5.41, 5.74) is 4.84. The molecule has 0 unspecified atom stereocenters. The van der Waals surface area contributed by atoms with Crippen molar-refractivity contribution in [3.05, 3.63) is 70.9 Å². The number of hydrogen-bond donors (Lipinski definition) is 1. The van der Waals surface area contributed by atoms with Crippen molar-refractivity contribution >= 4 is 27.9 Å². The molecule has 6 heteroatoms. The lowest BCUT2D eigenvalue weighted by molar-refractivity contribution is 0.0525. The number of carbonyl (C=O) groups excluding carboxylic acids is 1. The lowest BCUT2D eigenvalue weighted by Crippen LogP contribution is -2.19. The second-order valence-electron chi connectivity index (χ2n) is 9.46. The van der Waals surface area contributed by atoms with Gasteiger partial charge in [-0.3, -0.25) is 4.98 Å². The molecule has 2 heterocycles. The fourth-order valence-electron chi connectivity index (χ4n) is 5.52. The van der Waals surface area contributed by atoms with Gasteiger partial charge in [-0.25, -0.2) is 14.2 Å². The second kappa shape index (κ2) is 9.16. The van der Waals surface area contributed by atoms with Crippen LogP contribution in [0.15, 0.2) is 42.6 Å². The number of carbonyl (C=O) groups is 1. The van der Waals surface area contributed by atoms with Gasteiger partial charge in [0.05, 0.1) is 28.7 Å². The van der Waals surface area contributed by atoms with Crippen LogP contribution in [-0.4, -0.2) is 27.5 Å². The maximum atomic E-state index is 14.8. The predicted octanol–water partition coefficient (Wildman–Crippen LogP) is 6.81. The molecule has 5 rings (SSSR count). The van der Waals surface area contributed by atoms with Gasteiger partial charge in [-0.05, 0) is 87.3 Å². The molecular weight excluding hydrogens is 429 g/mol. The summed E-state index contributed by atoms with van der Waals surface area (Å²) in [6, 6.07) is 11.0. The maximum absolute atomic E-state index is 14.8. The summed E-state index contributed by atoms with van der Waals surface area (Å²) in [6.45, 7) is 6.28. The Morgan fingerprint density at radius 2 is 1.97 bits per heavy atom. The lowest BCUT2D eigenvalue weighted by Gasteiger charge is -2.32. The van der Waals surface area contributed by atoms with E-state index >= 15 is 0 Å². The third-order valence-electron chi connectivity index (χ3n) is 7.43. The van der Waals surface area contributed by atoms with Crippen molar-refractivity contribution in [1.82, 2.24) is 15.0 Å². The van der Waals surface area contributed by atoms with Crippen molar-refractivity contribution in [1.29, 1.82) is 0 Å². The molecule has 2 aromatic carbocycles. The highest BCUT2D eigenvalue weighted by Gasteiger charge is 2.30. The number of nitrogens with zero attached hydrogens (tertiary/aromatic N) is 2. The number of esters is 1. The first-order valence-corrected chi connectivity index (χ1v) is 12.2. The highest BCUT2D eigenvalue weighted by Crippen LogP contribution is 2.43. The van der Waals surface area contributed by atoms with Gasteiger partial charge in [0.25, 0.3) is 0 Å². The second-order valence-corrected chi connectivity index (χ2v) is 9.46. The first-order valence-electron chi connectivity index (χ1n) is 12.2. The minimum atomic E-state index is -0.311. The minimum absolute atomic E-state index is 0.123. The molecular formula is C28H30FN3O2. The van der Waals surface area contributed by atoms with E-state index in [1.165, 1.54) is 0 Å². The highest BCUT2D eigenvalue weighted by atomic mass is 19.1. The number of aromatic amines is 1. The number of H-pyrrole nitrogens is 1. The van der Waals surface area contributed by atoms with Gasteiger partial charge in [-0.2, -0.15) is 0 Å². The smallest absolute Gasteiger partial charge is 0.338 e. The van der Waals surface area contributed by atoms with Gasteiger partial charge >= 0.3 is 5.97 Å².